The average molecular weight is 250 g/mol. The quantitative estimate of drug-likeness (QED) is 0.872. The van der Waals surface area contributed by atoms with Gasteiger partial charge >= 0.3 is 0 Å². The Kier molecular flexibility index (Phi) is 4.25. The summed E-state index contributed by atoms with van der Waals surface area (Å²) < 4.78 is 11.1. The summed E-state index contributed by atoms with van der Waals surface area (Å²) in [6.07, 6.45) is 3.50. The molecule has 18 heavy (non-hydrogen) atoms. The first-order valence-corrected chi connectivity index (χ1v) is 6.68. The number of ether oxygens (including phenoxy) is 2. The van der Waals surface area contributed by atoms with Gasteiger partial charge in [-0.25, -0.2) is 0 Å². The summed E-state index contributed by atoms with van der Waals surface area (Å²) in [4.78, 5) is 0. The molecule has 1 fully saturated rings. The van der Waals surface area contributed by atoms with Crippen molar-refractivity contribution in [3.05, 3.63) is 29.8 Å². The lowest BCUT2D eigenvalue weighted by Crippen LogP contribution is -2.35. The Labute approximate surface area is 109 Å². The van der Waals surface area contributed by atoms with Crippen molar-refractivity contribution in [3.8, 4) is 5.75 Å². The summed E-state index contributed by atoms with van der Waals surface area (Å²) in [6, 6.07) is 7.68. The van der Waals surface area contributed by atoms with E-state index in [1.165, 1.54) is 0 Å². The van der Waals surface area contributed by atoms with Gasteiger partial charge in [0.05, 0.1) is 12.2 Å². The fraction of sp³-hybridized carbons (Fsp3) is 0.600. The van der Waals surface area contributed by atoms with Gasteiger partial charge in [0, 0.05) is 7.11 Å². The average Bonchev–Trinajstić information content (AvgIpc) is 2.88. The summed E-state index contributed by atoms with van der Waals surface area (Å²) >= 11 is 0. The molecule has 0 amide bonds. The topological polar surface area (TPSA) is 38.7 Å². The molecule has 1 aromatic carbocycles. The van der Waals surface area contributed by atoms with E-state index in [4.69, 9.17) is 9.47 Å². The van der Waals surface area contributed by atoms with Crippen molar-refractivity contribution in [1.82, 2.24) is 0 Å². The zero-order chi connectivity index (χ0) is 13.0. The molecule has 1 N–H and O–H groups in total. The van der Waals surface area contributed by atoms with Gasteiger partial charge in [0.25, 0.3) is 0 Å². The SMILES string of the molecule is CCOc1cccc(C(O)C2(OC)CCCC2)c1. The van der Waals surface area contributed by atoms with Crippen LogP contribution in [0.4, 0.5) is 0 Å². The van der Waals surface area contributed by atoms with Gasteiger partial charge < -0.3 is 14.6 Å². The van der Waals surface area contributed by atoms with Crippen LogP contribution in [-0.2, 0) is 4.74 Å². The first-order chi connectivity index (χ1) is 8.72. The summed E-state index contributed by atoms with van der Waals surface area (Å²) in [5.41, 5.74) is 0.467. The standard InChI is InChI=1S/C15H22O3/c1-3-18-13-8-6-7-12(11-13)14(16)15(17-2)9-4-5-10-15/h6-8,11,14,16H,3-5,9-10H2,1-2H3. The van der Waals surface area contributed by atoms with Crippen molar-refractivity contribution in [1.29, 1.82) is 0 Å². The molecule has 0 bridgehead atoms. The number of rotatable bonds is 5. The molecule has 0 saturated heterocycles. The van der Waals surface area contributed by atoms with Gasteiger partial charge in [-0.05, 0) is 37.5 Å². The minimum Gasteiger partial charge on any atom is -0.494 e. The van der Waals surface area contributed by atoms with E-state index in [0.717, 1.165) is 37.0 Å². The van der Waals surface area contributed by atoms with E-state index >= 15 is 0 Å². The van der Waals surface area contributed by atoms with Crippen LogP contribution in [0.2, 0.25) is 0 Å². The number of aliphatic hydroxyl groups is 1. The molecule has 1 aliphatic rings. The summed E-state index contributed by atoms with van der Waals surface area (Å²) in [6.45, 7) is 2.59. The molecule has 1 aliphatic carbocycles. The molecular weight excluding hydrogens is 228 g/mol. The minimum absolute atomic E-state index is 0.412. The lowest BCUT2D eigenvalue weighted by Gasteiger charge is -2.33. The largest absolute Gasteiger partial charge is 0.494 e. The van der Waals surface area contributed by atoms with Crippen LogP contribution in [0.25, 0.3) is 0 Å². The molecule has 100 valence electrons. The van der Waals surface area contributed by atoms with Crippen LogP contribution in [0.5, 0.6) is 5.75 Å². The molecule has 0 heterocycles. The lowest BCUT2D eigenvalue weighted by atomic mass is 9.89. The Bertz CT molecular complexity index is 383. The summed E-state index contributed by atoms with van der Waals surface area (Å²) in [5.74, 6) is 0.804. The maximum atomic E-state index is 10.6. The predicted molar refractivity (Wildman–Crippen MR) is 70.8 cm³/mol. The van der Waals surface area contributed by atoms with Crippen LogP contribution in [0.15, 0.2) is 24.3 Å². The molecule has 1 unspecified atom stereocenters. The summed E-state index contributed by atoms with van der Waals surface area (Å²) in [7, 11) is 1.70. The number of methoxy groups -OCH3 is 1. The fourth-order valence-corrected chi connectivity index (χ4v) is 2.81. The summed E-state index contributed by atoms with van der Waals surface area (Å²) in [5, 5.41) is 10.6. The monoisotopic (exact) mass is 250 g/mol. The van der Waals surface area contributed by atoms with E-state index in [9.17, 15) is 5.11 Å². The molecule has 1 aromatic rings. The Morgan fingerprint density at radius 1 is 1.33 bits per heavy atom. The van der Waals surface area contributed by atoms with Gasteiger partial charge in [0.15, 0.2) is 0 Å². The Morgan fingerprint density at radius 3 is 2.67 bits per heavy atom. The van der Waals surface area contributed by atoms with Crippen molar-refractivity contribution in [2.75, 3.05) is 13.7 Å². The molecule has 0 aromatic heterocycles. The fourth-order valence-electron chi connectivity index (χ4n) is 2.81. The van der Waals surface area contributed by atoms with Gasteiger partial charge in [0.1, 0.15) is 11.9 Å². The molecule has 2 rings (SSSR count). The van der Waals surface area contributed by atoms with Crippen molar-refractivity contribution >= 4 is 0 Å². The molecule has 3 nitrogen and oxygen atoms in total. The first-order valence-electron chi connectivity index (χ1n) is 6.68. The maximum absolute atomic E-state index is 10.6. The molecule has 0 radical (unpaired) electrons. The van der Waals surface area contributed by atoms with Gasteiger partial charge in [-0.1, -0.05) is 25.0 Å². The predicted octanol–water partition coefficient (Wildman–Crippen LogP) is 3.08. The second-order valence-electron chi connectivity index (χ2n) is 4.88. The van der Waals surface area contributed by atoms with Crippen LogP contribution in [0, 0.1) is 0 Å². The van der Waals surface area contributed by atoms with Gasteiger partial charge in [-0.3, -0.25) is 0 Å². The number of benzene rings is 1. The van der Waals surface area contributed by atoms with Crippen LogP contribution < -0.4 is 4.74 Å². The first kappa shape index (κ1) is 13.4. The highest BCUT2D eigenvalue weighted by atomic mass is 16.5. The Balaban J connectivity index is 2.21. The van der Waals surface area contributed by atoms with E-state index in [1.54, 1.807) is 7.11 Å². The smallest absolute Gasteiger partial charge is 0.119 e. The van der Waals surface area contributed by atoms with Crippen LogP contribution in [-0.4, -0.2) is 24.4 Å². The third-order valence-corrected chi connectivity index (χ3v) is 3.84. The van der Waals surface area contributed by atoms with Gasteiger partial charge in [0.2, 0.25) is 0 Å². The minimum atomic E-state index is -0.578. The molecule has 0 spiro atoms. The highest BCUT2D eigenvalue weighted by Crippen LogP contribution is 2.42. The number of aliphatic hydroxyl groups excluding tert-OH is 1. The van der Waals surface area contributed by atoms with Crippen LogP contribution >= 0.6 is 0 Å². The van der Waals surface area contributed by atoms with E-state index in [2.05, 4.69) is 0 Å². The lowest BCUT2D eigenvalue weighted by molar-refractivity contribution is -0.100. The van der Waals surface area contributed by atoms with Crippen molar-refractivity contribution < 1.29 is 14.6 Å². The second kappa shape index (κ2) is 5.72. The molecular formula is C15H22O3. The van der Waals surface area contributed by atoms with Crippen LogP contribution in [0.3, 0.4) is 0 Å². The second-order valence-corrected chi connectivity index (χ2v) is 4.88. The third kappa shape index (κ3) is 2.52. The van der Waals surface area contributed by atoms with Gasteiger partial charge in [-0.2, -0.15) is 0 Å². The third-order valence-electron chi connectivity index (χ3n) is 3.84. The zero-order valence-electron chi connectivity index (χ0n) is 11.2. The molecule has 3 heteroatoms. The Morgan fingerprint density at radius 2 is 2.06 bits per heavy atom. The molecule has 0 aliphatic heterocycles. The molecule has 1 saturated carbocycles. The maximum Gasteiger partial charge on any atom is 0.119 e. The highest BCUT2D eigenvalue weighted by Gasteiger charge is 2.41. The van der Waals surface area contributed by atoms with Crippen LogP contribution in [0.1, 0.15) is 44.3 Å². The zero-order valence-corrected chi connectivity index (χ0v) is 11.2. The van der Waals surface area contributed by atoms with E-state index in [-0.39, 0.29) is 0 Å². The highest BCUT2D eigenvalue weighted by molar-refractivity contribution is 5.31. The van der Waals surface area contributed by atoms with Crippen molar-refractivity contribution in [2.45, 2.75) is 44.3 Å². The van der Waals surface area contributed by atoms with Crippen molar-refractivity contribution in [2.24, 2.45) is 0 Å². The van der Waals surface area contributed by atoms with E-state index in [0.29, 0.717) is 6.61 Å². The van der Waals surface area contributed by atoms with Gasteiger partial charge in [-0.15, -0.1) is 0 Å². The number of hydrogen-bond acceptors (Lipinski definition) is 3. The van der Waals surface area contributed by atoms with Crippen molar-refractivity contribution in [3.63, 3.8) is 0 Å². The van der Waals surface area contributed by atoms with E-state index in [1.807, 2.05) is 31.2 Å². The molecule has 1 atom stereocenters. The Hall–Kier alpha value is -1.06. The normalized spacial score (nSPS) is 19.7. The number of hydrogen-bond donors (Lipinski definition) is 1. The van der Waals surface area contributed by atoms with E-state index < -0.39 is 11.7 Å².